The first-order valence-corrected chi connectivity index (χ1v) is 7.38. The summed E-state index contributed by atoms with van der Waals surface area (Å²) >= 11 is 11.8. The van der Waals surface area contributed by atoms with Crippen LogP contribution in [0.4, 0.5) is 0 Å². The Bertz CT molecular complexity index is 699. The molecule has 1 N–H and O–H groups in total. The maximum absolute atomic E-state index is 11.8. The van der Waals surface area contributed by atoms with E-state index >= 15 is 0 Å². The molecular weight excluding hydrogens is 321 g/mol. The zero-order chi connectivity index (χ0) is 15.9. The fourth-order valence-electron chi connectivity index (χ4n) is 1.88. The Labute approximate surface area is 139 Å². The molecule has 0 aliphatic carbocycles. The summed E-state index contributed by atoms with van der Waals surface area (Å²) in [5.74, 6) is 0.549. The highest BCUT2D eigenvalue weighted by molar-refractivity contribution is 6.42. The number of methoxy groups -OCH3 is 1. The Balaban J connectivity index is 1.95. The lowest BCUT2D eigenvalue weighted by atomic mass is 10.2. The van der Waals surface area contributed by atoms with Gasteiger partial charge in [-0.2, -0.15) is 0 Å². The summed E-state index contributed by atoms with van der Waals surface area (Å²) in [7, 11) is 1.60. The lowest BCUT2D eigenvalue weighted by molar-refractivity contribution is -0.116. The molecule has 0 aliphatic rings. The maximum Gasteiger partial charge on any atom is 0.244 e. The van der Waals surface area contributed by atoms with Gasteiger partial charge in [0.05, 0.1) is 17.2 Å². The highest BCUT2D eigenvalue weighted by Crippen LogP contribution is 2.23. The number of amides is 1. The number of nitrogens with one attached hydrogen (secondary N) is 1. The van der Waals surface area contributed by atoms with E-state index in [2.05, 4.69) is 5.32 Å². The molecule has 0 aliphatic heterocycles. The van der Waals surface area contributed by atoms with Crippen LogP contribution >= 0.6 is 23.2 Å². The smallest absolute Gasteiger partial charge is 0.244 e. The third kappa shape index (κ3) is 4.52. The van der Waals surface area contributed by atoms with E-state index in [-0.39, 0.29) is 5.91 Å². The summed E-state index contributed by atoms with van der Waals surface area (Å²) in [6.45, 7) is 0.397. The van der Waals surface area contributed by atoms with Crippen molar-refractivity contribution in [3.8, 4) is 5.75 Å². The number of halogens is 2. The molecule has 22 heavy (non-hydrogen) atoms. The van der Waals surface area contributed by atoms with Gasteiger partial charge in [0, 0.05) is 18.2 Å². The summed E-state index contributed by atoms with van der Waals surface area (Å²) in [5.41, 5.74) is 1.73. The van der Waals surface area contributed by atoms with Crippen molar-refractivity contribution >= 4 is 35.2 Å². The molecule has 0 bridgehead atoms. The highest BCUT2D eigenvalue weighted by atomic mass is 35.5. The summed E-state index contributed by atoms with van der Waals surface area (Å²) in [6, 6.07) is 12.7. The summed E-state index contributed by atoms with van der Waals surface area (Å²) in [6.07, 6.45) is 3.13. The molecule has 0 saturated heterocycles. The normalized spacial score (nSPS) is 10.7. The van der Waals surface area contributed by atoms with E-state index in [0.29, 0.717) is 16.6 Å². The Morgan fingerprint density at radius 1 is 1.18 bits per heavy atom. The predicted molar refractivity (Wildman–Crippen MR) is 90.3 cm³/mol. The summed E-state index contributed by atoms with van der Waals surface area (Å²) in [4.78, 5) is 11.8. The molecule has 0 saturated carbocycles. The van der Waals surface area contributed by atoms with Crippen molar-refractivity contribution in [3.63, 3.8) is 0 Å². The molecule has 1 amide bonds. The van der Waals surface area contributed by atoms with Gasteiger partial charge in [0.25, 0.3) is 0 Å². The zero-order valence-corrected chi connectivity index (χ0v) is 13.5. The van der Waals surface area contributed by atoms with Crippen LogP contribution in [0.25, 0.3) is 6.08 Å². The fourth-order valence-corrected chi connectivity index (χ4v) is 2.18. The van der Waals surface area contributed by atoms with Crippen molar-refractivity contribution in [2.24, 2.45) is 0 Å². The van der Waals surface area contributed by atoms with Crippen molar-refractivity contribution in [1.82, 2.24) is 5.32 Å². The number of carbonyl (C=O) groups is 1. The predicted octanol–water partition coefficient (Wildman–Crippen LogP) is 4.33. The molecule has 0 unspecified atom stereocenters. The summed E-state index contributed by atoms with van der Waals surface area (Å²) in [5, 5.41) is 3.75. The quantitative estimate of drug-likeness (QED) is 0.826. The van der Waals surface area contributed by atoms with Crippen LogP contribution in [0.5, 0.6) is 5.75 Å². The second-order valence-corrected chi connectivity index (χ2v) is 5.35. The molecule has 0 radical (unpaired) electrons. The number of carbonyl (C=O) groups excluding carboxylic acids is 1. The van der Waals surface area contributed by atoms with Crippen LogP contribution in [0.1, 0.15) is 11.1 Å². The number of rotatable bonds is 5. The molecule has 2 aromatic rings. The molecule has 0 atom stereocenters. The molecule has 2 aromatic carbocycles. The minimum Gasteiger partial charge on any atom is -0.496 e. The standard InChI is InChI=1S/C17H15Cl2NO2/c1-22-16-5-3-2-4-13(16)11-20-17(21)9-7-12-6-8-14(18)15(19)10-12/h2-10H,11H2,1H3,(H,20,21)/b9-7+. The van der Waals surface area contributed by atoms with E-state index in [1.54, 1.807) is 31.4 Å². The van der Waals surface area contributed by atoms with Gasteiger partial charge in [0.15, 0.2) is 0 Å². The molecule has 114 valence electrons. The highest BCUT2D eigenvalue weighted by Gasteiger charge is 2.03. The van der Waals surface area contributed by atoms with E-state index in [0.717, 1.165) is 16.9 Å². The lowest BCUT2D eigenvalue weighted by Gasteiger charge is -2.08. The number of para-hydroxylation sites is 1. The SMILES string of the molecule is COc1ccccc1CNC(=O)/C=C/c1ccc(Cl)c(Cl)c1. The van der Waals surface area contributed by atoms with Crippen molar-refractivity contribution in [1.29, 1.82) is 0 Å². The van der Waals surface area contributed by atoms with Gasteiger partial charge in [-0.3, -0.25) is 4.79 Å². The van der Waals surface area contributed by atoms with E-state index in [1.165, 1.54) is 6.08 Å². The maximum atomic E-state index is 11.8. The summed E-state index contributed by atoms with van der Waals surface area (Å²) < 4.78 is 5.23. The van der Waals surface area contributed by atoms with E-state index in [1.807, 2.05) is 24.3 Å². The first-order valence-electron chi connectivity index (χ1n) is 6.63. The minimum absolute atomic E-state index is 0.197. The average molecular weight is 336 g/mol. The molecule has 0 heterocycles. The van der Waals surface area contributed by atoms with Crippen LogP contribution in [-0.4, -0.2) is 13.0 Å². The van der Waals surface area contributed by atoms with Gasteiger partial charge in [-0.15, -0.1) is 0 Å². The Kier molecular flexibility index (Phi) is 5.87. The Morgan fingerprint density at radius 2 is 1.95 bits per heavy atom. The van der Waals surface area contributed by atoms with E-state index in [9.17, 15) is 4.79 Å². The van der Waals surface area contributed by atoms with Gasteiger partial charge in [0.2, 0.25) is 5.91 Å². The van der Waals surface area contributed by atoms with Crippen LogP contribution in [0, 0.1) is 0 Å². The molecule has 3 nitrogen and oxygen atoms in total. The van der Waals surface area contributed by atoms with Crippen molar-refractivity contribution in [2.45, 2.75) is 6.54 Å². The second-order valence-electron chi connectivity index (χ2n) is 4.54. The minimum atomic E-state index is -0.197. The largest absolute Gasteiger partial charge is 0.496 e. The number of hydrogen-bond donors (Lipinski definition) is 1. The fraction of sp³-hybridized carbons (Fsp3) is 0.118. The van der Waals surface area contributed by atoms with E-state index < -0.39 is 0 Å². The average Bonchev–Trinajstić information content (AvgIpc) is 2.54. The first kappa shape index (κ1) is 16.4. The molecule has 0 spiro atoms. The van der Waals surface area contributed by atoms with Crippen LogP contribution in [0.3, 0.4) is 0 Å². The van der Waals surface area contributed by atoms with Gasteiger partial charge < -0.3 is 10.1 Å². The first-order chi connectivity index (χ1) is 10.6. The van der Waals surface area contributed by atoms with Gasteiger partial charge in [-0.05, 0) is 29.8 Å². The molecule has 2 rings (SSSR count). The van der Waals surface area contributed by atoms with Gasteiger partial charge in [0.1, 0.15) is 5.75 Å². The monoisotopic (exact) mass is 335 g/mol. The molecule has 0 fully saturated rings. The lowest BCUT2D eigenvalue weighted by Crippen LogP contribution is -2.20. The second kappa shape index (κ2) is 7.87. The van der Waals surface area contributed by atoms with Crippen LogP contribution < -0.4 is 10.1 Å². The van der Waals surface area contributed by atoms with Crippen molar-refractivity contribution < 1.29 is 9.53 Å². The third-order valence-corrected chi connectivity index (χ3v) is 3.76. The molecule has 5 heteroatoms. The number of hydrogen-bond acceptors (Lipinski definition) is 2. The number of benzene rings is 2. The van der Waals surface area contributed by atoms with Crippen molar-refractivity contribution in [2.75, 3.05) is 7.11 Å². The third-order valence-electron chi connectivity index (χ3n) is 3.02. The Hall–Kier alpha value is -1.97. The molecular formula is C17H15Cl2NO2. The molecule has 0 aromatic heterocycles. The number of ether oxygens (including phenoxy) is 1. The van der Waals surface area contributed by atoms with Crippen molar-refractivity contribution in [3.05, 3.63) is 69.7 Å². The van der Waals surface area contributed by atoms with E-state index in [4.69, 9.17) is 27.9 Å². The topological polar surface area (TPSA) is 38.3 Å². The van der Waals surface area contributed by atoms with Crippen LogP contribution in [0.15, 0.2) is 48.5 Å². The van der Waals surface area contributed by atoms with Gasteiger partial charge in [-0.1, -0.05) is 47.5 Å². The Morgan fingerprint density at radius 3 is 2.68 bits per heavy atom. The zero-order valence-electron chi connectivity index (χ0n) is 12.0. The van der Waals surface area contributed by atoms with Gasteiger partial charge >= 0.3 is 0 Å². The van der Waals surface area contributed by atoms with Crippen LogP contribution in [-0.2, 0) is 11.3 Å². The van der Waals surface area contributed by atoms with Crippen LogP contribution in [0.2, 0.25) is 10.0 Å². The van der Waals surface area contributed by atoms with Gasteiger partial charge in [-0.25, -0.2) is 0 Å².